The van der Waals surface area contributed by atoms with Crippen molar-refractivity contribution >= 4 is 15.6 Å². The van der Waals surface area contributed by atoms with Crippen molar-refractivity contribution in [2.24, 2.45) is 0 Å². The van der Waals surface area contributed by atoms with Crippen LogP contribution in [-0.4, -0.2) is 14.2 Å². The lowest BCUT2D eigenvalue weighted by atomic mass is 10.5. The molecule has 0 radical (unpaired) electrons. The Balaban J connectivity index is 2.97. The number of pyridine rings is 1. The van der Waals surface area contributed by atoms with Crippen LogP contribution >= 0.6 is 15.6 Å². The van der Waals surface area contributed by atoms with Crippen LogP contribution in [0, 0.1) is 0 Å². The lowest BCUT2D eigenvalue weighted by Crippen LogP contribution is -2.36. The molecule has 0 N–H and O–H groups in total. The van der Waals surface area contributed by atoms with Crippen molar-refractivity contribution in [1.29, 1.82) is 0 Å². The Morgan fingerprint density at radius 2 is 1.56 bits per heavy atom. The summed E-state index contributed by atoms with van der Waals surface area (Å²) in [6.07, 6.45) is 2.48. The summed E-state index contributed by atoms with van der Waals surface area (Å²) in [7, 11) is -6.56. The second-order valence-electron chi connectivity index (χ2n) is 2.62. The van der Waals surface area contributed by atoms with Gasteiger partial charge in [0, 0.05) is 26.4 Å². The molecule has 0 aliphatic rings. The molecule has 1 unspecified atom stereocenters. The molecule has 0 aliphatic heterocycles. The molecule has 0 spiro atoms. The van der Waals surface area contributed by atoms with Crippen molar-refractivity contribution in [2.75, 3.05) is 14.2 Å². The van der Waals surface area contributed by atoms with E-state index < -0.39 is 15.6 Å². The maximum absolute atomic E-state index is 11.6. The van der Waals surface area contributed by atoms with E-state index in [2.05, 4.69) is 13.4 Å². The Labute approximate surface area is 92.8 Å². The van der Waals surface area contributed by atoms with Crippen LogP contribution in [0.1, 0.15) is 0 Å². The summed E-state index contributed by atoms with van der Waals surface area (Å²) in [5, 5.41) is 0. The zero-order valence-corrected chi connectivity index (χ0v) is 10.5. The van der Waals surface area contributed by atoms with Gasteiger partial charge < -0.3 is 4.89 Å². The molecule has 0 saturated heterocycles. The minimum absolute atomic E-state index is 0.775. The quantitative estimate of drug-likeness (QED) is 0.730. The lowest BCUT2D eigenvalue weighted by molar-refractivity contribution is -0.570. The van der Waals surface area contributed by atoms with E-state index in [0.717, 1.165) is 18.6 Å². The highest BCUT2D eigenvalue weighted by Crippen LogP contribution is 2.57. The van der Waals surface area contributed by atoms with Crippen LogP contribution in [-0.2, 0) is 22.5 Å². The zero-order valence-electron chi connectivity index (χ0n) is 8.68. The highest BCUT2D eigenvalue weighted by molar-refractivity contribution is 7.60. The fourth-order valence-corrected chi connectivity index (χ4v) is 3.37. The van der Waals surface area contributed by atoms with Gasteiger partial charge in [-0.15, -0.1) is 0 Å². The molecule has 0 amide bonds. The molecular formula is C7H11NO6P2. The molecule has 1 rings (SSSR count). The number of phosphoric ester groups is 1. The first-order valence-electron chi connectivity index (χ1n) is 4.14. The minimum atomic E-state index is -4.55. The van der Waals surface area contributed by atoms with Gasteiger partial charge >= 0.3 is 15.6 Å². The van der Waals surface area contributed by atoms with Crippen molar-refractivity contribution in [3.8, 4) is 0 Å². The molecular weight excluding hydrogens is 256 g/mol. The fraction of sp³-hybridized carbons (Fsp3) is 0.286. The molecule has 0 bridgehead atoms. The summed E-state index contributed by atoms with van der Waals surface area (Å²) in [5.41, 5.74) is 0. The second-order valence-corrected chi connectivity index (χ2v) is 6.29. The molecule has 7 nitrogen and oxygen atoms in total. The first-order chi connectivity index (χ1) is 7.43. The average Bonchev–Trinajstić information content (AvgIpc) is 2.29. The minimum Gasteiger partial charge on any atom is -0.721 e. The number of hydrogen-bond donors (Lipinski definition) is 0. The third kappa shape index (κ3) is 3.22. The normalized spacial score (nSPS) is 15.7. The van der Waals surface area contributed by atoms with Crippen LogP contribution < -0.4 is 9.23 Å². The lowest BCUT2D eigenvalue weighted by Gasteiger charge is -2.19. The summed E-state index contributed by atoms with van der Waals surface area (Å²) in [4.78, 5) is 11.6. The van der Waals surface area contributed by atoms with Crippen molar-refractivity contribution in [2.45, 2.75) is 0 Å². The van der Waals surface area contributed by atoms with Gasteiger partial charge in [0.25, 0.3) is 0 Å². The van der Waals surface area contributed by atoms with E-state index in [0.29, 0.717) is 0 Å². The van der Waals surface area contributed by atoms with Gasteiger partial charge in [0.1, 0.15) is 0 Å². The first kappa shape index (κ1) is 13.5. The van der Waals surface area contributed by atoms with E-state index >= 15 is 0 Å². The summed E-state index contributed by atoms with van der Waals surface area (Å²) < 4.78 is 37.0. The largest absolute Gasteiger partial charge is 0.721 e. The topological polar surface area (TPSA) is 88.8 Å². The van der Waals surface area contributed by atoms with Crippen LogP contribution in [0.25, 0.3) is 0 Å². The zero-order chi connectivity index (χ0) is 12.2. The summed E-state index contributed by atoms with van der Waals surface area (Å²) >= 11 is 0. The third-order valence-electron chi connectivity index (χ3n) is 1.63. The van der Waals surface area contributed by atoms with Gasteiger partial charge in [-0.3, -0.25) is 9.05 Å². The first-order valence-corrected chi connectivity index (χ1v) is 7.10. The smallest absolute Gasteiger partial charge is 0.483 e. The number of rotatable bonds is 5. The molecule has 9 heteroatoms. The van der Waals surface area contributed by atoms with Gasteiger partial charge in [0.05, 0.1) is 0 Å². The molecule has 1 aromatic heterocycles. The molecule has 1 aromatic rings. The summed E-state index contributed by atoms with van der Waals surface area (Å²) in [6, 6.07) is 4.60. The molecule has 0 saturated carbocycles. The summed E-state index contributed by atoms with van der Waals surface area (Å²) in [6.45, 7) is 0. The van der Waals surface area contributed by atoms with Crippen molar-refractivity contribution < 1.29 is 31.7 Å². The Morgan fingerprint density at radius 1 is 1.06 bits per heavy atom. The highest BCUT2D eigenvalue weighted by atomic mass is 31.3. The molecule has 1 atom stereocenters. The summed E-state index contributed by atoms with van der Waals surface area (Å²) in [5.74, 6) is 0. The Kier molecular flexibility index (Phi) is 4.38. The number of phosphoric acid groups is 1. The second kappa shape index (κ2) is 5.19. The predicted octanol–water partition coefficient (Wildman–Crippen LogP) is 0.708. The number of aromatic nitrogens is 1. The monoisotopic (exact) mass is 267 g/mol. The number of nitrogens with zero attached hydrogens (tertiary/aromatic N) is 1. The van der Waals surface area contributed by atoms with Gasteiger partial charge in [-0.25, -0.2) is 9.13 Å². The van der Waals surface area contributed by atoms with Gasteiger partial charge in [0.2, 0.25) is 0 Å². The fourth-order valence-electron chi connectivity index (χ4n) is 0.863. The molecule has 0 aliphatic carbocycles. The van der Waals surface area contributed by atoms with E-state index in [4.69, 9.17) is 0 Å². The van der Waals surface area contributed by atoms with E-state index in [9.17, 15) is 14.0 Å². The van der Waals surface area contributed by atoms with Crippen LogP contribution in [0.2, 0.25) is 0 Å². The van der Waals surface area contributed by atoms with E-state index in [1.54, 1.807) is 6.07 Å². The maximum Gasteiger partial charge on any atom is 0.483 e. The Bertz CT molecular complexity index is 428. The molecule has 0 aromatic carbocycles. The molecule has 1 heterocycles. The molecule has 16 heavy (non-hydrogen) atoms. The Hall–Kier alpha value is -0.550. The van der Waals surface area contributed by atoms with Crippen LogP contribution in [0.15, 0.2) is 30.6 Å². The SMILES string of the molecule is COP(=O)(OC)OP(=O)([O-])[n+]1ccccc1. The van der Waals surface area contributed by atoms with E-state index in [1.807, 2.05) is 0 Å². The van der Waals surface area contributed by atoms with Gasteiger partial charge in [-0.2, -0.15) is 8.65 Å². The average molecular weight is 267 g/mol. The molecule has 0 fully saturated rings. The van der Waals surface area contributed by atoms with E-state index in [-0.39, 0.29) is 0 Å². The van der Waals surface area contributed by atoms with Crippen molar-refractivity contribution in [3.05, 3.63) is 30.6 Å². The van der Waals surface area contributed by atoms with Gasteiger partial charge in [-0.05, 0) is 0 Å². The van der Waals surface area contributed by atoms with E-state index in [1.165, 1.54) is 24.5 Å². The highest BCUT2D eigenvalue weighted by Gasteiger charge is 2.35. The number of hydrogen-bond acceptors (Lipinski definition) is 6. The predicted molar refractivity (Wildman–Crippen MR) is 52.4 cm³/mol. The molecule has 90 valence electrons. The van der Waals surface area contributed by atoms with Crippen LogP contribution in [0.4, 0.5) is 0 Å². The Morgan fingerprint density at radius 3 is 2.00 bits per heavy atom. The van der Waals surface area contributed by atoms with Crippen LogP contribution in [0.5, 0.6) is 0 Å². The maximum atomic E-state index is 11.6. The van der Waals surface area contributed by atoms with Gasteiger partial charge in [0.15, 0.2) is 12.4 Å². The van der Waals surface area contributed by atoms with Crippen molar-refractivity contribution in [1.82, 2.24) is 0 Å². The third-order valence-corrected chi connectivity index (χ3v) is 4.99. The van der Waals surface area contributed by atoms with Crippen molar-refractivity contribution in [3.63, 3.8) is 0 Å². The van der Waals surface area contributed by atoms with Gasteiger partial charge in [-0.1, -0.05) is 6.07 Å². The standard InChI is InChI=1S/C7H11NO6P2/c1-12-16(11,13-2)14-15(9,10)8-6-4-3-5-7-8/h3-7H,1-2H3. The van der Waals surface area contributed by atoms with Crippen LogP contribution in [0.3, 0.4) is 0 Å².